The number of aryl methyl sites for hydroxylation is 2. The molecule has 0 fully saturated rings. The van der Waals surface area contributed by atoms with E-state index in [-0.39, 0.29) is 6.04 Å². The molecule has 3 nitrogen and oxygen atoms in total. The van der Waals surface area contributed by atoms with E-state index >= 15 is 0 Å². The summed E-state index contributed by atoms with van der Waals surface area (Å²) in [4.78, 5) is 4.68. The molecule has 2 N–H and O–H groups in total. The van der Waals surface area contributed by atoms with Crippen molar-refractivity contribution in [1.29, 1.82) is 0 Å². The predicted octanol–water partition coefficient (Wildman–Crippen LogP) is 2.41. The molecule has 1 atom stereocenters. The van der Waals surface area contributed by atoms with E-state index in [4.69, 9.17) is 5.73 Å². The second-order valence-corrected chi connectivity index (χ2v) is 5.19. The summed E-state index contributed by atoms with van der Waals surface area (Å²) < 4.78 is 2.15. The molecule has 0 spiro atoms. The molecule has 1 heterocycles. The van der Waals surface area contributed by atoms with E-state index in [9.17, 15) is 0 Å². The van der Waals surface area contributed by atoms with Crippen LogP contribution in [0.15, 0.2) is 18.2 Å². The fourth-order valence-corrected chi connectivity index (χ4v) is 1.99. The normalized spacial score (nSPS) is 13.5. The van der Waals surface area contributed by atoms with E-state index in [1.54, 1.807) is 0 Å². The number of aromatic nitrogens is 2. The second kappa shape index (κ2) is 4.49. The van der Waals surface area contributed by atoms with Crippen LogP contribution in [0.25, 0.3) is 11.0 Å². The Morgan fingerprint density at radius 3 is 2.71 bits per heavy atom. The van der Waals surface area contributed by atoms with E-state index in [2.05, 4.69) is 55.6 Å². The molecule has 92 valence electrons. The number of hydrogen-bond donors (Lipinski definition) is 1. The third kappa shape index (κ3) is 2.34. The van der Waals surface area contributed by atoms with Crippen molar-refractivity contribution >= 4 is 11.0 Å². The van der Waals surface area contributed by atoms with E-state index in [0.29, 0.717) is 5.92 Å². The zero-order valence-electron chi connectivity index (χ0n) is 11.1. The van der Waals surface area contributed by atoms with Crippen LogP contribution in [0.1, 0.15) is 25.2 Å². The van der Waals surface area contributed by atoms with Gasteiger partial charge in [0.1, 0.15) is 5.82 Å². The Kier molecular flexibility index (Phi) is 3.20. The van der Waals surface area contributed by atoms with Crippen LogP contribution < -0.4 is 5.73 Å². The topological polar surface area (TPSA) is 43.8 Å². The average molecular weight is 231 g/mol. The second-order valence-electron chi connectivity index (χ2n) is 5.19. The quantitative estimate of drug-likeness (QED) is 0.881. The number of nitrogens with zero attached hydrogens (tertiary/aromatic N) is 2. The highest BCUT2D eigenvalue weighted by Crippen LogP contribution is 2.18. The maximum absolute atomic E-state index is 6.12. The van der Waals surface area contributed by atoms with Crippen LogP contribution in [-0.4, -0.2) is 15.6 Å². The molecular weight excluding hydrogens is 210 g/mol. The summed E-state index contributed by atoms with van der Waals surface area (Å²) in [6.07, 6.45) is 0.835. The molecule has 1 aromatic carbocycles. The minimum Gasteiger partial charge on any atom is -0.331 e. The molecule has 0 aliphatic heterocycles. The Bertz CT molecular complexity index is 525. The van der Waals surface area contributed by atoms with Crippen molar-refractivity contribution in [2.75, 3.05) is 0 Å². The first-order valence-corrected chi connectivity index (χ1v) is 6.16. The molecule has 17 heavy (non-hydrogen) atoms. The van der Waals surface area contributed by atoms with Crippen LogP contribution in [0.5, 0.6) is 0 Å². The largest absolute Gasteiger partial charge is 0.331 e. The number of hydrogen-bond acceptors (Lipinski definition) is 2. The molecular formula is C14H21N3. The van der Waals surface area contributed by atoms with Gasteiger partial charge in [0, 0.05) is 19.5 Å². The SMILES string of the molecule is Cc1ccc2c(c1)nc(CC(N)C(C)C)n2C. The van der Waals surface area contributed by atoms with Gasteiger partial charge in [0.2, 0.25) is 0 Å². The Hall–Kier alpha value is -1.35. The van der Waals surface area contributed by atoms with Crippen LogP contribution in [0.3, 0.4) is 0 Å². The maximum Gasteiger partial charge on any atom is 0.111 e. The van der Waals surface area contributed by atoms with E-state index in [0.717, 1.165) is 17.8 Å². The molecule has 2 rings (SSSR count). The van der Waals surface area contributed by atoms with Crippen molar-refractivity contribution in [1.82, 2.24) is 9.55 Å². The highest BCUT2D eigenvalue weighted by Gasteiger charge is 2.14. The Labute approximate surface area is 103 Å². The van der Waals surface area contributed by atoms with Crippen molar-refractivity contribution in [3.8, 4) is 0 Å². The minimum absolute atomic E-state index is 0.173. The van der Waals surface area contributed by atoms with Gasteiger partial charge < -0.3 is 10.3 Å². The molecule has 0 aliphatic carbocycles. The lowest BCUT2D eigenvalue weighted by atomic mass is 10.0. The summed E-state index contributed by atoms with van der Waals surface area (Å²) in [6, 6.07) is 6.55. The summed E-state index contributed by atoms with van der Waals surface area (Å²) in [5.41, 5.74) is 9.61. The summed E-state index contributed by atoms with van der Waals surface area (Å²) in [6.45, 7) is 6.39. The first-order valence-electron chi connectivity index (χ1n) is 6.16. The highest BCUT2D eigenvalue weighted by molar-refractivity contribution is 5.76. The lowest BCUT2D eigenvalue weighted by Gasteiger charge is -2.14. The van der Waals surface area contributed by atoms with Gasteiger partial charge in [0.15, 0.2) is 0 Å². The molecule has 0 radical (unpaired) electrons. The molecule has 1 aromatic heterocycles. The standard InChI is InChI=1S/C14H21N3/c1-9(2)11(15)8-14-16-12-7-10(3)5-6-13(12)17(14)4/h5-7,9,11H,8,15H2,1-4H3. The molecule has 0 bridgehead atoms. The molecule has 2 aromatic rings. The zero-order valence-corrected chi connectivity index (χ0v) is 11.1. The molecule has 0 aliphatic rings. The van der Waals surface area contributed by atoms with Crippen molar-refractivity contribution in [2.24, 2.45) is 18.7 Å². The fourth-order valence-electron chi connectivity index (χ4n) is 1.99. The predicted molar refractivity (Wildman–Crippen MR) is 72.0 cm³/mol. The number of benzene rings is 1. The number of imidazole rings is 1. The number of rotatable bonds is 3. The van der Waals surface area contributed by atoms with Gasteiger partial charge in [0.05, 0.1) is 11.0 Å². The van der Waals surface area contributed by atoms with E-state index in [1.165, 1.54) is 11.1 Å². The van der Waals surface area contributed by atoms with Crippen molar-refractivity contribution in [3.63, 3.8) is 0 Å². The van der Waals surface area contributed by atoms with Gasteiger partial charge in [-0.2, -0.15) is 0 Å². The first-order chi connectivity index (χ1) is 7.99. The lowest BCUT2D eigenvalue weighted by molar-refractivity contribution is 0.477. The van der Waals surface area contributed by atoms with E-state index in [1.807, 2.05) is 0 Å². The van der Waals surface area contributed by atoms with Crippen LogP contribution in [0.4, 0.5) is 0 Å². The molecule has 3 heteroatoms. The summed E-state index contributed by atoms with van der Waals surface area (Å²) >= 11 is 0. The molecule has 0 saturated heterocycles. The van der Waals surface area contributed by atoms with Crippen molar-refractivity contribution in [3.05, 3.63) is 29.6 Å². The summed E-state index contributed by atoms with van der Waals surface area (Å²) in [7, 11) is 2.06. The molecule has 1 unspecified atom stereocenters. The van der Waals surface area contributed by atoms with Crippen LogP contribution >= 0.6 is 0 Å². The third-order valence-corrected chi connectivity index (χ3v) is 3.40. The molecule has 0 saturated carbocycles. The monoisotopic (exact) mass is 231 g/mol. The van der Waals surface area contributed by atoms with Crippen LogP contribution in [0, 0.1) is 12.8 Å². The highest BCUT2D eigenvalue weighted by atomic mass is 15.1. The van der Waals surface area contributed by atoms with Gasteiger partial charge in [0.25, 0.3) is 0 Å². The van der Waals surface area contributed by atoms with Crippen molar-refractivity contribution < 1.29 is 0 Å². The van der Waals surface area contributed by atoms with Gasteiger partial charge in [-0.3, -0.25) is 0 Å². The van der Waals surface area contributed by atoms with Gasteiger partial charge in [-0.1, -0.05) is 19.9 Å². The van der Waals surface area contributed by atoms with Gasteiger partial charge >= 0.3 is 0 Å². The summed E-state index contributed by atoms with van der Waals surface area (Å²) in [5, 5.41) is 0. The van der Waals surface area contributed by atoms with E-state index < -0.39 is 0 Å². The smallest absolute Gasteiger partial charge is 0.111 e. The minimum atomic E-state index is 0.173. The summed E-state index contributed by atoms with van der Waals surface area (Å²) in [5.74, 6) is 1.56. The average Bonchev–Trinajstić information content (AvgIpc) is 2.55. The Balaban J connectivity index is 2.38. The Morgan fingerprint density at radius 2 is 2.06 bits per heavy atom. The number of fused-ring (bicyclic) bond motifs is 1. The maximum atomic E-state index is 6.12. The lowest BCUT2D eigenvalue weighted by Crippen LogP contribution is -2.29. The van der Waals surface area contributed by atoms with Crippen LogP contribution in [-0.2, 0) is 13.5 Å². The number of nitrogens with two attached hydrogens (primary N) is 1. The van der Waals surface area contributed by atoms with Crippen molar-refractivity contribution in [2.45, 2.75) is 33.2 Å². The van der Waals surface area contributed by atoms with Crippen LogP contribution in [0.2, 0.25) is 0 Å². The first kappa shape index (κ1) is 12.1. The zero-order chi connectivity index (χ0) is 12.6. The van der Waals surface area contributed by atoms with Gasteiger partial charge in [-0.25, -0.2) is 4.98 Å². The third-order valence-electron chi connectivity index (χ3n) is 3.40. The Morgan fingerprint density at radius 1 is 1.35 bits per heavy atom. The van der Waals surface area contributed by atoms with Gasteiger partial charge in [-0.15, -0.1) is 0 Å². The molecule has 0 amide bonds. The van der Waals surface area contributed by atoms with Gasteiger partial charge in [-0.05, 0) is 30.5 Å². The fraction of sp³-hybridized carbons (Fsp3) is 0.500.